The summed E-state index contributed by atoms with van der Waals surface area (Å²) in [4.78, 5) is 46.1. The molecule has 3 aromatic heterocycles. The van der Waals surface area contributed by atoms with Crippen LogP contribution in [0.5, 0.6) is 0 Å². The van der Waals surface area contributed by atoms with E-state index < -0.39 is 28.8 Å². The van der Waals surface area contributed by atoms with E-state index >= 15 is 0 Å². The van der Waals surface area contributed by atoms with Gasteiger partial charge in [0.05, 0.1) is 17.7 Å². The number of thioether (sulfide) groups is 1. The van der Waals surface area contributed by atoms with Crippen molar-refractivity contribution in [3.05, 3.63) is 69.1 Å². The number of halogens is 2. The van der Waals surface area contributed by atoms with Gasteiger partial charge in [0.2, 0.25) is 5.91 Å². The maximum absolute atomic E-state index is 13.8. The number of aromatic nitrogens is 4. The van der Waals surface area contributed by atoms with Gasteiger partial charge in [-0.15, -0.1) is 0 Å². The highest BCUT2D eigenvalue weighted by molar-refractivity contribution is 8.00. The Hall–Kier alpha value is -3.80. The Labute approximate surface area is 182 Å². The quantitative estimate of drug-likeness (QED) is 0.360. The van der Waals surface area contributed by atoms with E-state index in [4.69, 9.17) is 4.42 Å². The Bertz CT molecular complexity index is 1460. The van der Waals surface area contributed by atoms with Crippen molar-refractivity contribution in [3.8, 4) is 11.6 Å². The molecule has 32 heavy (non-hydrogen) atoms. The molecule has 0 aliphatic heterocycles. The van der Waals surface area contributed by atoms with Gasteiger partial charge in [0.1, 0.15) is 22.0 Å². The van der Waals surface area contributed by atoms with Gasteiger partial charge in [0, 0.05) is 20.2 Å². The Morgan fingerprint density at radius 3 is 2.62 bits per heavy atom. The predicted octanol–water partition coefficient (Wildman–Crippen LogP) is 2.30. The Morgan fingerprint density at radius 1 is 1.16 bits per heavy atom. The van der Waals surface area contributed by atoms with E-state index in [-0.39, 0.29) is 33.3 Å². The molecule has 0 aliphatic rings. The van der Waals surface area contributed by atoms with E-state index in [0.717, 1.165) is 28.5 Å². The first-order valence-corrected chi connectivity index (χ1v) is 10.1. The standard InChI is InChI=1S/C20H15F2N5O4S/c1-26-17-15(19(29)27(2)20(26)30)18(25-16(24-17)13-4-3-7-31-13)32-9-14(28)23-12-6-5-10(21)8-11(12)22/h3-8H,9H2,1-2H3,(H,23,28). The molecule has 3 heterocycles. The molecule has 1 aromatic carbocycles. The SMILES string of the molecule is Cn1c(=O)c2c(SCC(=O)Nc3ccc(F)cc3F)nc(-c3ccco3)nc2n(C)c1=O. The van der Waals surface area contributed by atoms with Crippen molar-refractivity contribution < 1.29 is 18.0 Å². The van der Waals surface area contributed by atoms with Crippen LogP contribution in [0, 0.1) is 11.6 Å². The predicted molar refractivity (Wildman–Crippen MR) is 113 cm³/mol. The smallest absolute Gasteiger partial charge is 0.332 e. The fraction of sp³-hybridized carbons (Fsp3) is 0.150. The molecule has 1 N–H and O–H groups in total. The molecule has 4 aromatic rings. The monoisotopic (exact) mass is 459 g/mol. The minimum absolute atomic E-state index is 0.0515. The van der Waals surface area contributed by atoms with Crippen LogP contribution in [0.4, 0.5) is 14.5 Å². The number of furan rings is 1. The van der Waals surface area contributed by atoms with Crippen molar-refractivity contribution in [1.82, 2.24) is 19.1 Å². The van der Waals surface area contributed by atoms with Gasteiger partial charge in [-0.25, -0.2) is 23.5 Å². The van der Waals surface area contributed by atoms with Crippen molar-refractivity contribution in [2.75, 3.05) is 11.1 Å². The van der Waals surface area contributed by atoms with Crippen LogP contribution in [-0.2, 0) is 18.9 Å². The van der Waals surface area contributed by atoms with Gasteiger partial charge in [-0.3, -0.25) is 18.7 Å². The van der Waals surface area contributed by atoms with E-state index in [1.807, 2.05) is 0 Å². The summed E-state index contributed by atoms with van der Waals surface area (Å²) in [6, 6.07) is 6.01. The first kappa shape index (κ1) is 21.4. The first-order chi connectivity index (χ1) is 15.3. The molecule has 0 aliphatic carbocycles. The molecule has 9 nitrogen and oxygen atoms in total. The number of benzene rings is 1. The number of carbonyl (C=O) groups excluding carboxylic acids is 1. The molecule has 0 atom stereocenters. The lowest BCUT2D eigenvalue weighted by Gasteiger charge is -2.11. The number of nitrogens with zero attached hydrogens (tertiary/aromatic N) is 4. The molecule has 164 valence electrons. The zero-order valence-electron chi connectivity index (χ0n) is 16.8. The second-order valence-electron chi connectivity index (χ2n) is 6.70. The molecule has 0 spiro atoms. The van der Waals surface area contributed by atoms with Crippen molar-refractivity contribution >= 4 is 34.4 Å². The molecule has 0 bridgehead atoms. The van der Waals surface area contributed by atoms with E-state index in [2.05, 4.69) is 15.3 Å². The van der Waals surface area contributed by atoms with Gasteiger partial charge in [-0.1, -0.05) is 11.8 Å². The number of hydrogen-bond donors (Lipinski definition) is 1. The summed E-state index contributed by atoms with van der Waals surface area (Å²) in [5.41, 5.74) is -1.31. The van der Waals surface area contributed by atoms with Gasteiger partial charge >= 0.3 is 5.69 Å². The molecule has 0 radical (unpaired) electrons. The third-order valence-corrected chi connectivity index (χ3v) is 5.53. The van der Waals surface area contributed by atoms with Crippen LogP contribution in [0.1, 0.15) is 0 Å². The lowest BCUT2D eigenvalue weighted by molar-refractivity contribution is -0.113. The molecule has 0 saturated heterocycles. The highest BCUT2D eigenvalue weighted by atomic mass is 32.2. The molecular weight excluding hydrogens is 444 g/mol. The summed E-state index contributed by atoms with van der Waals surface area (Å²) in [5, 5.41) is 2.54. The number of hydrogen-bond acceptors (Lipinski definition) is 7. The number of anilines is 1. The molecule has 1 amide bonds. The highest BCUT2D eigenvalue weighted by Gasteiger charge is 2.20. The zero-order chi connectivity index (χ0) is 23.0. The summed E-state index contributed by atoms with van der Waals surface area (Å²) in [6.45, 7) is 0. The normalized spacial score (nSPS) is 11.1. The molecule has 0 fully saturated rings. The van der Waals surface area contributed by atoms with Crippen LogP contribution in [0.3, 0.4) is 0 Å². The molecular formula is C20H15F2N5O4S. The Balaban J connectivity index is 1.73. The summed E-state index contributed by atoms with van der Waals surface area (Å²) >= 11 is 0.905. The Morgan fingerprint density at radius 2 is 1.94 bits per heavy atom. The molecule has 0 saturated carbocycles. The summed E-state index contributed by atoms with van der Waals surface area (Å²) in [6.07, 6.45) is 1.42. The van der Waals surface area contributed by atoms with E-state index in [1.54, 1.807) is 12.1 Å². The summed E-state index contributed by atoms with van der Waals surface area (Å²) in [7, 11) is 2.78. The number of fused-ring (bicyclic) bond motifs is 1. The minimum Gasteiger partial charge on any atom is -0.461 e. The third-order valence-electron chi connectivity index (χ3n) is 4.55. The van der Waals surface area contributed by atoms with E-state index in [1.165, 1.54) is 24.9 Å². The van der Waals surface area contributed by atoms with Crippen molar-refractivity contribution in [1.29, 1.82) is 0 Å². The second-order valence-corrected chi connectivity index (χ2v) is 7.66. The van der Waals surface area contributed by atoms with E-state index in [9.17, 15) is 23.2 Å². The van der Waals surface area contributed by atoms with Gasteiger partial charge in [0.15, 0.2) is 17.2 Å². The second kappa shape index (κ2) is 8.38. The zero-order valence-corrected chi connectivity index (χ0v) is 17.6. The van der Waals surface area contributed by atoms with Crippen LogP contribution < -0.4 is 16.6 Å². The number of rotatable bonds is 5. The lowest BCUT2D eigenvalue weighted by Crippen LogP contribution is -2.37. The molecule has 12 heteroatoms. The van der Waals surface area contributed by atoms with Crippen LogP contribution in [-0.4, -0.2) is 30.8 Å². The van der Waals surface area contributed by atoms with Gasteiger partial charge in [-0.2, -0.15) is 0 Å². The van der Waals surface area contributed by atoms with Crippen LogP contribution in [0.25, 0.3) is 22.6 Å². The largest absolute Gasteiger partial charge is 0.461 e. The maximum atomic E-state index is 13.8. The lowest BCUT2D eigenvalue weighted by atomic mass is 10.3. The number of nitrogens with one attached hydrogen (secondary N) is 1. The Kier molecular flexibility index (Phi) is 5.61. The van der Waals surface area contributed by atoms with Crippen LogP contribution >= 0.6 is 11.8 Å². The first-order valence-electron chi connectivity index (χ1n) is 9.15. The average Bonchev–Trinajstić information content (AvgIpc) is 3.31. The summed E-state index contributed by atoms with van der Waals surface area (Å²) in [5.74, 6) is -2.10. The van der Waals surface area contributed by atoms with E-state index in [0.29, 0.717) is 11.8 Å². The minimum atomic E-state index is -0.917. The summed E-state index contributed by atoms with van der Waals surface area (Å²) < 4.78 is 34.3. The molecule has 0 unspecified atom stereocenters. The number of aryl methyl sites for hydroxylation is 1. The molecule has 4 rings (SSSR count). The number of amides is 1. The maximum Gasteiger partial charge on any atom is 0.332 e. The van der Waals surface area contributed by atoms with Crippen molar-refractivity contribution in [2.24, 2.45) is 14.1 Å². The van der Waals surface area contributed by atoms with Gasteiger partial charge in [0.25, 0.3) is 5.56 Å². The topological polar surface area (TPSA) is 112 Å². The fourth-order valence-electron chi connectivity index (χ4n) is 2.96. The van der Waals surface area contributed by atoms with Crippen LogP contribution in [0.15, 0.2) is 55.6 Å². The fourth-order valence-corrected chi connectivity index (χ4v) is 3.77. The van der Waals surface area contributed by atoms with Crippen molar-refractivity contribution in [3.63, 3.8) is 0 Å². The van der Waals surface area contributed by atoms with Gasteiger partial charge in [-0.05, 0) is 24.3 Å². The average molecular weight is 459 g/mol. The number of carbonyl (C=O) groups is 1. The van der Waals surface area contributed by atoms with Crippen molar-refractivity contribution in [2.45, 2.75) is 5.03 Å². The highest BCUT2D eigenvalue weighted by Crippen LogP contribution is 2.26. The van der Waals surface area contributed by atoms with Gasteiger partial charge < -0.3 is 9.73 Å². The third kappa shape index (κ3) is 3.91. The van der Waals surface area contributed by atoms with Crippen LogP contribution in [0.2, 0.25) is 0 Å².